The molecule has 103 heavy (non-hydrogen) atoms. The van der Waals surface area contributed by atoms with E-state index < -0.39 is 27.2 Å². The third kappa shape index (κ3) is 42.6. The molecule has 2 heterocycles. The number of hydrogen-bond acceptors (Lipinski definition) is 22. The van der Waals surface area contributed by atoms with E-state index in [4.69, 9.17) is 56.5 Å². The molecule has 586 valence electrons. The summed E-state index contributed by atoms with van der Waals surface area (Å²) in [5, 5.41) is 35.7. The number of rotatable bonds is 50. The van der Waals surface area contributed by atoms with Gasteiger partial charge in [-0.3, -0.25) is 37.9 Å². The quantitative estimate of drug-likeness (QED) is 0.00578. The number of fused-ring (bicyclic) bond motifs is 3. The number of amides is 3. The zero-order valence-electron chi connectivity index (χ0n) is 61.8. The number of aromatic nitrogens is 5. The Morgan fingerprint density at radius 3 is 1.79 bits per heavy atom. The molecule has 16 N–H and O–H groups in total. The van der Waals surface area contributed by atoms with E-state index in [1.165, 1.54) is 25.4 Å². The van der Waals surface area contributed by atoms with Crippen LogP contribution in [0.2, 0.25) is 0 Å². The molecule has 0 radical (unpaired) electrons. The number of imidazole rings is 1. The van der Waals surface area contributed by atoms with Crippen LogP contribution in [0, 0.1) is 53.3 Å². The molecule has 11 atom stereocenters. The molecule has 0 bridgehead atoms. The lowest BCUT2D eigenvalue weighted by molar-refractivity contribution is -0.144. The Hall–Kier alpha value is -6.06. The zero-order valence-corrected chi connectivity index (χ0v) is 63.6. The second-order valence-corrected chi connectivity index (χ2v) is 30.9. The third-order valence-electron chi connectivity index (χ3n) is 19.0. The van der Waals surface area contributed by atoms with E-state index in [9.17, 15) is 42.7 Å². The molecule has 33 heteroatoms. The van der Waals surface area contributed by atoms with Crippen molar-refractivity contribution in [2.75, 3.05) is 86.1 Å². The van der Waals surface area contributed by atoms with Gasteiger partial charge in [-0.25, -0.2) is 14.5 Å². The standard InChI is InChI=1S/C32H57N6O7P.C19H31O5P.C13H28N6O2.C6H9N3O2/c1-3-24(30(39)22-33)12-6-9-18-34-31(40)13-7-10-20-38-29-17-15-26-25(14-16-28(29)36-37-38)27(26)23-44-32(41)35-19-8-4-5-11-21-45-46(2,42)43;1-25(21,22)24-14-10-6-2-3-9-13-19(20)23-15-18-16-11-7-4-5-8-12-17(16)18;1-16-11(12(20)10-14)6-2-4-8-17-13(21)7-3-5-9-18-19-15;7-5(6(10)11)1-4-2-8-3-9-4/h24-27H,3-23,33H2,1-2H3,(H,34,40)(H,35,41)(H,42,43);16-18H,2-3,6-15H2,1H3,(H,21,22);11,16H,2-10,14H2,1H3,(H2,15,18)(H,17,21);2-3,5H,1,7H2,(H,8,9)(H,10,11)/t24?,25-,26+,27-;16-,17+,18?;;/m1.../s1. The number of aliphatic carboxylic acids is 1. The van der Waals surface area contributed by atoms with Crippen molar-refractivity contribution in [3.05, 3.63) is 29.6 Å². The Bertz CT molecular complexity index is 2920. The molecule has 0 spiro atoms. The van der Waals surface area contributed by atoms with Crippen molar-refractivity contribution in [2.24, 2.45) is 74.8 Å². The molecule has 0 aliphatic heterocycles. The summed E-state index contributed by atoms with van der Waals surface area (Å²) in [6.45, 7) is 9.32. The number of unbranched alkanes of at least 4 members (excludes halogenated alkanes) is 11. The number of ether oxygens (including phenoxy) is 2. The summed E-state index contributed by atoms with van der Waals surface area (Å²) in [7, 11) is -4.98. The number of aromatic amines is 1. The smallest absolute Gasteiger partial charge is 0.407 e. The van der Waals surface area contributed by atoms with Gasteiger partial charge in [-0.1, -0.05) is 55.9 Å². The molecule has 31 nitrogen and oxygen atoms in total. The van der Waals surface area contributed by atoms with Crippen LogP contribution in [0.5, 0.6) is 0 Å². The molecular weight excluding hydrogens is 1370 g/mol. The minimum absolute atomic E-state index is 0.0242. The molecule has 4 aliphatic rings. The van der Waals surface area contributed by atoms with Crippen LogP contribution in [0.15, 0.2) is 22.9 Å². The number of carbonyl (C=O) groups excluding carboxylic acids is 6. The lowest BCUT2D eigenvalue weighted by Crippen LogP contribution is -2.38. The highest BCUT2D eigenvalue weighted by Gasteiger charge is 2.51. The van der Waals surface area contributed by atoms with Crippen LogP contribution in [0.1, 0.15) is 210 Å². The SMILES string of the molecule is CCC(CCCCNC(=O)CCCCn1nnc2c1CC[C@H]1[C@@H](CC2)[C@H]1COC(=O)NCCCCCCOP(C)(=O)O)C(=O)CN.CNC(CCCCNC(=O)CCCCN=NN)C(=O)CN.CP(=O)(O)OCCCCCCCC(=O)OCC1[C@H]2CCC#CCC[C@@H]12.NC(Cc1cnc[nH]1)C(=O)O. The topological polar surface area (TPSA) is 488 Å². The second-order valence-electron chi connectivity index (χ2n) is 27.2. The summed E-state index contributed by atoms with van der Waals surface area (Å²) in [6.07, 6.45) is 29.6. The molecule has 2 saturated carbocycles. The van der Waals surface area contributed by atoms with E-state index in [2.05, 4.69) is 63.7 Å². The van der Waals surface area contributed by atoms with Crippen molar-refractivity contribution >= 4 is 56.6 Å². The van der Waals surface area contributed by atoms with Gasteiger partial charge < -0.3 is 82.7 Å². The van der Waals surface area contributed by atoms with Crippen molar-refractivity contribution < 1.29 is 76.1 Å². The second kappa shape index (κ2) is 53.7. The summed E-state index contributed by atoms with van der Waals surface area (Å²) < 4.78 is 44.7. The Kier molecular flexibility index (Phi) is 47.5. The number of aryl methyl sites for hydroxylation is 2. The summed E-state index contributed by atoms with van der Waals surface area (Å²) in [4.78, 5) is 106. The van der Waals surface area contributed by atoms with E-state index in [1.807, 2.05) is 11.6 Å². The van der Waals surface area contributed by atoms with Crippen LogP contribution in [0.3, 0.4) is 0 Å². The van der Waals surface area contributed by atoms with Crippen molar-refractivity contribution in [1.82, 2.24) is 46.2 Å². The fraction of sp³-hybridized carbons (Fsp3) is 0.800. The fourth-order valence-electron chi connectivity index (χ4n) is 12.9. The number of hydrogen-bond donors (Lipinski definition) is 12. The van der Waals surface area contributed by atoms with E-state index in [0.717, 1.165) is 203 Å². The van der Waals surface area contributed by atoms with Gasteiger partial charge in [0.25, 0.3) is 0 Å². The Balaban J connectivity index is 0.000000404. The number of likely N-dealkylation sites (N-methyl/N-ethyl adjacent to an activating group) is 1. The zero-order chi connectivity index (χ0) is 75.7. The highest BCUT2D eigenvalue weighted by Crippen LogP contribution is 2.54. The molecule has 3 amide bonds. The Labute approximate surface area is 609 Å². The predicted octanol–water partition coefficient (Wildman–Crippen LogP) is 7.54. The first-order chi connectivity index (χ1) is 49.4. The normalized spacial score (nSPS) is 19.7. The Morgan fingerprint density at radius 1 is 0.689 bits per heavy atom. The summed E-state index contributed by atoms with van der Waals surface area (Å²) in [5.74, 6) is 14.0. The Morgan fingerprint density at radius 2 is 1.22 bits per heavy atom. The van der Waals surface area contributed by atoms with E-state index in [1.54, 1.807) is 13.2 Å². The number of carbonyl (C=O) groups is 7. The maximum absolute atomic E-state index is 12.3. The van der Waals surface area contributed by atoms with Gasteiger partial charge in [0, 0.05) is 95.8 Å². The molecule has 0 aromatic carbocycles. The molecule has 6 rings (SSSR count). The molecule has 6 unspecified atom stereocenters. The maximum Gasteiger partial charge on any atom is 0.407 e. The summed E-state index contributed by atoms with van der Waals surface area (Å²) in [5.41, 5.74) is 19.1. The number of H-pyrrole nitrogens is 1. The van der Waals surface area contributed by atoms with Gasteiger partial charge in [0.05, 0.1) is 69.8 Å². The van der Waals surface area contributed by atoms with Crippen molar-refractivity contribution in [2.45, 2.75) is 231 Å². The van der Waals surface area contributed by atoms with Gasteiger partial charge in [0.1, 0.15) is 11.8 Å². The molecule has 4 aliphatic carbocycles. The van der Waals surface area contributed by atoms with Crippen LogP contribution in [0.4, 0.5) is 4.79 Å². The minimum Gasteiger partial charge on any atom is -0.480 e. The van der Waals surface area contributed by atoms with Crippen LogP contribution in [0.25, 0.3) is 0 Å². The molecule has 2 aromatic heterocycles. The van der Waals surface area contributed by atoms with E-state index >= 15 is 0 Å². The number of nitrogens with two attached hydrogens (primary N) is 4. The van der Waals surface area contributed by atoms with Gasteiger partial charge in [-0.2, -0.15) is 5.11 Å². The monoisotopic (exact) mass is 1490 g/mol. The number of nitrogens with zero attached hydrogens (tertiary/aromatic N) is 6. The van der Waals surface area contributed by atoms with Crippen molar-refractivity contribution in [1.29, 1.82) is 0 Å². The summed E-state index contributed by atoms with van der Waals surface area (Å²) >= 11 is 0. The molecule has 0 saturated heterocycles. The number of alkyl carbamates (subject to hydrolysis) is 1. The van der Waals surface area contributed by atoms with Crippen LogP contribution in [-0.2, 0) is 82.2 Å². The first-order valence-corrected chi connectivity index (χ1v) is 41.5. The third-order valence-corrected chi connectivity index (χ3v) is 20.3. The van der Waals surface area contributed by atoms with Gasteiger partial charge in [0.2, 0.25) is 11.8 Å². The maximum atomic E-state index is 12.3. The van der Waals surface area contributed by atoms with Crippen LogP contribution in [-0.4, -0.2) is 179 Å². The number of Topliss-reactive ketones (excluding diaryl/α,β-unsaturated/α-hetero) is 2. The predicted molar refractivity (Wildman–Crippen MR) is 392 cm³/mol. The lowest BCUT2D eigenvalue weighted by atomic mass is 9.94. The average molecular weight is 1490 g/mol. The number of ketones is 2. The first kappa shape index (κ1) is 91.2. The number of carboxylic acid groups (broad SMARTS) is 1. The van der Waals surface area contributed by atoms with Gasteiger partial charge in [-0.15, -0.1) is 16.9 Å². The van der Waals surface area contributed by atoms with E-state index in [0.29, 0.717) is 95.4 Å². The number of esters is 1. The highest BCUT2D eigenvalue weighted by atomic mass is 31.2. The van der Waals surface area contributed by atoms with Gasteiger partial charge >= 0.3 is 33.2 Å². The number of carboxylic acids is 1. The average Bonchev–Trinajstić information content (AvgIpc) is 1.62. The largest absolute Gasteiger partial charge is 0.480 e. The number of nitrogens with one attached hydrogen (secondary N) is 5. The fourth-order valence-corrected chi connectivity index (χ4v) is 13.9. The lowest BCUT2D eigenvalue weighted by Gasteiger charge is -2.13. The van der Waals surface area contributed by atoms with E-state index in [-0.39, 0.29) is 73.5 Å². The highest BCUT2D eigenvalue weighted by molar-refractivity contribution is 7.52. The first-order valence-electron chi connectivity index (χ1n) is 37.5. The molecular formula is C70H125N15O16P2. The van der Waals surface area contributed by atoms with Crippen LogP contribution < -0.4 is 44.3 Å². The van der Waals surface area contributed by atoms with Crippen molar-refractivity contribution in [3.63, 3.8) is 0 Å². The molecule has 2 aromatic rings. The van der Waals surface area contributed by atoms with Gasteiger partial charge in [-0.05, 0) is 171 Å². The van der Waals surface area contributed by atoms with Crippen molar-refractivity contribution in [3.8, 4) is 11.8 Å². The molecule has 2 fully saturated rings. The van der Waals surface area contributed by atoms with Crippen LogP contribution >= 0.6 is 15.2 Å². The minimum atomic E-state index is -3.40. The van der Waals surface area contributed by atoms with Gasteiger partial charge in [0.15, 0.2) is 5.78 Å². The summed E-state index contributed by atoms with van der Waals surface area (Å²) in [6, 6.07) is -1.03.